The molecule has 1 saturated heterocycles. The number of hydrogen-bond acceptors (Lipinski definition) is 4. The fraction of sp³-hybridized carbons (Fsp3) is 0.667. The highest BCUT2D eigenvalue weighted by Crippen LogP contribution is 2.46. The first kappa shape index (κ1) is 14.3. The second-order valence-electron chi connectivity index (χ2n) is 6.70. The molecule has 2 heterocycles. The van der Waals surface area contributed by atoms with E-state index in [0.29, 0.717) is 5.41 Å². The van der Waals surface area contributed by atoms with Gasteiger partial charge in [0.05, 0.1) is 0 Å². The molecule has 110 valence electrons. The molecule has 20 heavy (non-hydrogen) atoms. The van der Waals surface area contributed by atoms with Gasteiger partial charge in [-0.05, 0) is 69.7 Å². The van der Waals surface area contributed by atoms with E-state index in [0.717, 1.165) is 31.5 Å². The molecule has 0 saturated carbocycles. The average molecular weight is 293 g/mol. The molecule has 1 unspecified atom stereocenters. The maximum atomic E-state index is 11.9. The molecule has 3 N–H and O–H groups in total. The summed E-state index contributed by atoms with van der Waals surface area (Å²) in [5.41, 5.74) is 3.99. The summed E-state index contributed by atoms with van der Waals surface area (Å²) >= 11 is -1.38. The van der Waals surface area contributed by atoms with Crippen LogP contribution < -0.4 is 10.5 Å². The molecule has 3 rings (SSSR count). The molecule has 1 aromatic heterocycles. The largest absolute Gasteiger partial charge is 0.598 e. The Bertz CT molecular complexity index is 510. The van der Waals surface area contributed by atoms with E-state index in [-0.39, 0.29) is 0 Å². The van der Waals surface area contributed by atoms with Crippen molar-refractivity contribution in [2.24, 2.45) is 10.6 Å². The second kappa shape index (κ2) is 4.98. The van der Waals surface area contributed by atoms with Crippen LogP contribution in [0.5, 0.6) is 0 Å². The molecule has 2 aliphatic rings. The van der Waals surface area contributed by atoms with Gasteiger partial charge in [0, 0.05) is 28.8 Å². The zero-order valence-electron chi connectivity index (χ0n) is 12.2. The molecule has 1 aliphatic carbocycles. The molecule has 0 bridgehead atoms. The van der Waals surface area contributed by atoms with Crippen LogP contribution in [0.2, 0.25) is 0 Å². The van der Waals surface area contributed by atoms with Gasteiger partial charge in [-0.1, -0.05) is 0 Å². The van der Waals surface area contributed by atoms with Gasteiger partial charge in [-0.15, -0.1) is 0 Å². The molecule has 1 spiro atoms. The van der Waals surface area contributed by atoms with Crippen LogP contribution in [0, 0.1) is 5.41 Å². The van der Waals surface area contributed by atoms with Gasteiger partial charge in [0.25, 0.3) is 0 Å². The molecule has 0 radical (unpaired) electrons. The molecule has 1 fully saturated rings. The van der Waals surface area contributed by atoms with Crippen LogP contribution in [0.25, 0.3) is 0 Å². The van der Waals surface area contributed by atoms with Crippen molar-refractivity contribution < 1.29 is 4.55 Å². The van der Waals surface area contributed by atoms with E-state index in [1.165, 1.54) is 24.1 Å². The van der Waals surface area contributed by atoms with Crippen molar-refractivity contribution in [3.05, 3.63) is 29.1 Å². The maximum absolute atomic E-state index is 11.9. The van der Waals surface area contributed by atoms with Gasteiger partial charge >= 0.3 is 0 Å². The van der Waals surface area contributed by atoms with E-state index in [1.54, 1.807) is 0 Å². The number of nitrogens with two attached hydrogens (primary N) is 1. The maximum Gasteiger partial charge on any atom is 0.164 e. The summed E-state index contributed by atoms with van der Waals surface area (Å²) in [6, 6.07) is 2.00. The summed E-state index contributed by atoms with van der Waals surface area (Å²) in [6.07, 6.45) is 6.38. The lowest BCUT2D eigenvalue weighted by Gasteiger charge is -2.34. The van der Waals surface area contributed by atoms with Crippen LogP contribution in [0.1, 0.15) is 43.5 Å². The van der Waals surface area contributed by atoms with Crippen molar-refractivity contribution in [3.8, 4) is 0 Å². The normalized spacial score (nSPS) is 22.8. The van der Waals surface area contributed by atoms with Crippen LogP contribution in [0.15, 0.2) is 12.3 Å². The molecule has 0 amide bonds. The highest BCUT2D eigenvalue weighted by Gasteiger charge is 2.43. The molecule has 0 aromatic carbocycles. The zero-order valence-corrected chi connectivity index (χ0v) is 13.1. The number of fused-ring (bicyclic) bond motifs is 1. The summed E-state index contributed by atoms with van der Waals surface area (Å²) in [5, 5.41) is 9.14. The third-order valence-electron chi connectivity index (χ3n) is 5.06. The van der Waals surface area contributed by atoms with Crippen molar-refractivity contribution in [1.29, 1.82) is 0 Å². The fourth-order valence-corrected chi connectivity index (χ4v) is 4.07. The van der Waals surface area contributed by atoms with Gasteiger partial charge in [-0.25, -0.2) is 0 Å². The Labute approximate surface area is 123 Å². The molecular formula is C15H23N3OS. The first-order chi connectivity index (χ1) is 9.45. The van der Waals surface area contributed by atoms with Crippen molar-refractivity contribution in [1.82, 2.24) is 10.3 Å². The highest BCUT2D eigenvalue weighted by molar-refractivity contribution is 7.90. The Kier molecular flexibility index (Phi) is 3.57. The summed E-state index contributed by atoms with van der Waals surface area (Å²) < 4.78 is 11.4. The third-order valence-corrected chi connectivity index (χ3v) is 6.28. The number of nitrogens with zero attached hydrogens (tertiary/aromatic N) is 1. The third kappa shape index (κ3) is 2.26. The minimum Gasteiger partial charge on any atom is -0.598 e. The quantitative estimate of drug-likeness (QED) is 0.809. The molecule has 1 aromatic rings. The first-order valence-corrected chi connectivity index (χ1v) is 8.50. The van der Waals surface area contributed by atoms with E-state index >= 15 is 0 Å². The smallest absolute Gasteiger partial charge is 0.164 e. The second-order valence-corrected chi connectivity index (χ2v) is 8.31. The fourth-order valence-electron chi connectivity index (χ4n) is 3.66. The molecule has 1 aliphatic heterocycles. The number of pyridine rings is 1. The van der Waals surface area contributed by atoms with Crippen LogP contribution >= 0.6 is 0 Å². The van der Waals surface area contributed by atoms with Gasteiger partial charge < -0.3 is 9.87 Å². The average Bonchev–Trinajstić information content (AvgIpc) is 2.76. The minimum absolute atomic E-state index is 0.364. The monoisotopic (exact) mass is 293 g/mol. The molecular weight excluding hydrogens is 270 g/mol. The Morgan fingerprint density at radius 1 is 1.35 bits per heavy atom. The van der Waals surface area contributed by atoms with Gasteiger partial charge in [-0.3, -0.25) is 4.98 Å². The van der Waals surface area contributed by atoms with Crippen LogP contribution in [-0.4, -0.2) is 22.6 Å². The Balaban J connectivity index is 1.98. The number of piperidine rings is 1. The molecule has 5 heteroatoms. The van der Waals surface area contributed by atoms with Crippen LogP contribution in [0.3, 0.4) is 0 Å². The van der Waals surface area contributed by atoms with Crippen molar-refractivity contribution in [2.45, 2.75) is 44.3 Å². The molecule has 1 atom stereocenters. The Hall–Kier alpha value is -0.620. The van der Waals surface area contributed by atoms with E-state index < -0.39 is 16.1 Å². The summed E-state index contributed by atoms with van der Waals surface area (Å²) in [4.78, 5) is 4.58. The standard InChI is InChI=1S/C15H23N3OS/c1-14(2,20(16)19)12-3-6-18-13-10-15(9-11(12)13)4-7-17-8-5-15/h3,6,17H,4-5,7-10,16H2,1-2H3. The Morgan fingerprint density at radius 2 is 2.05 bits per heavy atom. The SMILES string of the molecule is CC(C)(c1ccnc2c1CC1(CCNCC1)C2)[S+](N)[O-]. The first-order valence-electron chi connectivity index (χ1n) is 7.29. The summed E-state index contributed by atoms with van der Waals surface area (Å²) in [5.74, 6) is 0. The predicted molar refractivity (Wildman–Crippen MR) is 81.5 cm³/mol. The van der Waals surface area contributed by atoms with Gasteiger partial charge in [0.1, 0.15) is 0 Å². The lowest BCUT2D eigenvalue weighted by Crippen LogP contribution is -2.38. The minimum atomic E-state index is -1.38. The Morgan fingerprint density at radius 3 is 2.70 bits per heavy atom. The van der Waals surface area contributed by atoms with Crippen molar-refractivity contribution >= 4 is 11.4 Å². The van der Waals surface area contributed by atoms with E-state index in [9.17, 15) is 4.55 Å². The number of hydrogen-bond donors (Lipinski definition) is 2. The van der Waals surface area contributed by atoms with Gasteiger partial charge in [0.15, 0.2) is 4.75 Å². The summed E-state index contributed by atoms with van der Waals surface area (Å²) in [6.45, 7) is 6.11. The lowest BCUT2D eigenvalue weighted by atomic mass is 9.76. The number of nitrogens with one attached hydrogen (secondary N) is 1. The van der Waals surface area contributed by atoms with Gasteiger partial charge in [-0.2, -0.15) is 5.14 Å². The van der Waals surface area contributed by atoms with Crippen LogP contribution in [-0.2, 0) is 29.0 Å². The summed E-state index contributed by atoms with van der Waals surface area (Å²) in [7, 11) is 0. The van der Waals surface area contributed by atoms with E-state index in [4.69, 9.17) is 5.14 Å². The topological polar surface area (TPSA) is 74.0 Å². The highest BCUT2D eigenvalue weighted by atomic mass is 32.2. The zero-order chi connectivity index (χ0) is 14.4. The lowest BCUT2D eigenvalue weighted by molar-refractivity contribution is 0.214. The number of rotatable bonds is 2. The van der Waals surface area contributed by atoms with E-state index in [2.05, 4.69) is 10.3 Å². The number of aromatic nitrogens is 1. The van der Waals surface area contributed by atoms with E-state index in [1.807, 2.05) is 26.1 Å². The molecule has 4 nitrogen and oxygen atoms in total. The van der Waals surface area contributed by atoms with Crippen molar-refractivity contribution in [2.75, 3.05) is 13.1 Å². The van der Waals surface area contributed by atoms with Crippen LogP contribution in [0.4, 0.5) is 0 Å². The van der Waals surface area contributed by atoms with Gasteiger partial charge in [0.2, 0.25) is 0 Å². The predicted octanol–water partition coefficient (Wildman–Crippen LogP) is 1.41. The van der Waals surface area contributed by atoms with Crippen molar-refractivity contribution in [3.63, 3.8) is 0 Å².